The second-order valence-corrected chi connectivity index (χ2v) is 5.65. The Morgan fingerprint density at radius 3 is 2.35 bits per heavy atom. The van der Waals surface area contributed by atoms with Crippen LogP contribution >= 0.6 is 0 Å². The Labute approximate surface area is 120 Å². The zero-order chi connectivity index (χ0) is 14.6. The number of hydrogen-bond acceptors (Lipinski definition) is 3. The van der Waals surface area contributed by atoms with Crippen LogP contribution in [0.15, 0.2) is 24.3 Å². The maximum absolute atomic E-state index is 12.1. The summed E-state index contributed by atoms with van der Waals surface area (Å²) < 4.78 is 5.20. The monoisotopic (exact) mass is 276 g/mol. The highest BCUT2D eigenvalue weighted by molar-refractivity contribution is 5.82. The summed E-state index contributed by atoms with van der Waals surface area (Å²) in [6.07, 6.45) is 5.43. The van der Waals surface area contributed by atoms with E-state index < -0.39 is 6.04 Å². The molecule has 1 saturated carbocycles. The van der Waals surface area contributed by atoms with Crippen LogP contribution in [0.3, 0.4) is 0 Å². The van der Waals surface area contributed by atoms with E-state index in [4.69, 9.17) is 10.5 Å². The Kier molecular flexibility index (Phi) is 4.65. The van der Waals surface area contributed by atoms with Crippen molar-refractivity contribution >= 4 is 5.91 Å². The first-order valence-corrected chi connectivity index (χ1v) is 7.29. The lowest BCUT2D eigenvalue weighted by Gasteiger charge is -2.39. The average molecular weight is 276 g/mol. The molecule has 0 radical (unpaired) electrons. The molecule has 1 aliphatic rings. The number of hydrogen-bond donors (Lipinski definition) is 2. The van der Waals surface area contributed by atoms with Crippen LogP contribution in [-0.4, -0.2) is 19.1 Å². The molecule has 0 heterocycles. The van der Waals surface area contributed by atoms with Crippen LogP contribution < -0.4 is 15.8 Å². The highest BCUT2D eigenvalue weighted by Gasteiger charge is 2.35. The van der Waals surface area contributed by atoms with Crippen molar-refractivity contribution in [2.24, 2.45) is 5.73 Å². The molecule has 4 heteroatoms. The summed E-state index contributed by atoms with van der Waals surface area (Å²) in [7, 11) is 1.66. The van der Waals surface area contributed by atoms with E-state index in [1.807, 2.05) is 24.3 Å². The molecule has 1 aromatic carbocycles. The van der Waals surface area contributed by atoms with Crippen LogP contribution in [0, 0.1) is 0 Å². The first-order chi connectivity index (χ1) is 9.57. The van der Waals surface area contributed by atoms with Crippen molar-refractivity contribution in [2.45, 2.75) is 50.6 Å². The van der Waals surface area contributed by atoms with Crippen LogP contribution in [0.25, 0.3) is 0 Å². The van der Waals surface area contributed by atoms with Gasteiger partial charge in [0.15, 0.2) is 0 Å². The van der Waals surface area contributed by atoms with Gasteiger partial charge in [-0.15, -0.1) is 0 Å². The minimum atomic E-state index is -0.480. The van der Waals surface area contributed by atoms with E-state index in [0.717, 1.165) is 37.0 Å². The summed E-state index contributed by atoms with van der Waals surface area (Å²) >= 11 is 0. The first-order valence-electron chi connectivity index (χ1n) is 7.29. The number of methoxy groups -OCH3 is 1. The van der Waals surface area contributed by atoms with Crippen molar-refractivity contribution in [1.29, 1.82) is 0 Å². The molecule has 0 saturated heterocycles. The van der Waals surface area contributed by atoms with E-state index in [1.165, 1.54) is 6.42 Å². The number of carbonyl (C=O) groups excluding carboxylic acids is 1. The summed E-state index contributed by atoms with van der Waals surface area (Å²) in [4.78, 5) is 12.1. The van der Waals surface area contributed by atoms with E-state index in [2.05, 4.69) is 5.32 Å². The van der Waals surface area contributed by atoms with Gasteiger partial charge in [0.05, 0.1) is 18.7 Å². The van der Waals surface area contributed by atoms with Crippen LogP contribution in [0.1, 0.15) is 44.6 Å². The molecule has 1 aliphatic carbocycles. The first kappa shape index (κ1) is 14.9. The molecule has 1 unspecified atom stereocenters. The van der Waals surface area contributed by atoms with Crippen molar-refractivity contribution in [1.82, 2.24) is 5.32 Å². The molecular weight excluding hydrogens is 252 g/mol. The summed E-state index contributed by atoms with van der Waals surface area (Å²) in [6.45, 7) is 1.72. The lowest BCUT2D eigenvalue weighted by atomic mass is 9.76. The van der Waals surface area contributed by atoms with Gasteiger partial charge in [0.1, 0.15) is 5.75 Å². The lowest BCUT2D eigenvalue weighted by molar-refractivity contribution is -0.124. The Morgan fingerprint density at radius 2 is 1.85 bits per heavy atom. The number of benzene rings is 1. The van der Waals surface area contributed by atoms with Gasteiger partial charge in [0.25, 0.3) is 0 Å². The van der Waals surface area contributed by atoms with E-state index in [1.54, 1.807) is 14.0 Å². The highest BCUT2D eigenvalue weighted by atomic mass is 16.5. The molecule has 0 aromatic heterocycles. The van der Waals surface area contributed by atoms with Crippen molar-refractivity contribution in [3.05, 3.63) is 29.8 Å². The van der Waals surface area contributed by atoms with Crippen LogP contribution in [0.5, 0.6) is 5.75 Å². The predicted octanol–water partition coefficient (Wildman–Crippen LogP) is 2.32. The molecule has 0 spiro atoms. The maximum Gasteiger partial charge on any atom is 0.237 e. The zero-order valence-electron chi connectivity index (χ0n) is 12.3. The Balaban J connectivity index is 2.27. The highest BCUT2D eigenvalue weighted by Crippen LogP contribution is 2.37. The van der Waals surface area contributed by atoms with Gasteiger partial charge in [-0.3, -0.25) is 4.79 Å². The van der Waals surface area contributed by atoms with E-state index >= 15 is 0 Å². The molecule has 1 fully saturated rings. The molecule has 4 nitrogen and oxygen atoms in total. The van der Waals surface area contributed by atoms with Gasteiger partial charge in [-0.05, 0) is 37.5 Å². The third-order valence-corrected chi connectivity index (χ3v) is 4.13. The summed E-state index contributed by atoms with van der Waals surface area (Å²) in [5, 5.41) is 3.18. The summed E-state index contributed by atoms with van der Waals surface area (Å²) in [5.41, 5.74) is 6.58. The minimum absolute atomic E-state index is 0.0808. The number of rotatable bonds is 4. The number of amides is 1. The fourth-order valence-corrected chi connectivity index (χ4v) is 2.90. The summed E-state index contributed by atoms with van der Waals surface area (Å²) in [6, 6.07) is 7.51. The van der Waals surface area contributed by atoms with E-state index in [-0.39, 0.29) is 11.4 Å². The Morgan fingerprint density at radius 1 is 1.25 bits per heavy atom. The van der Waals surface area contributed by atoms with Crippen LogP contribution in [0.4, 0.5) is 0 Å². The van der Waals surface area contributed by atoms with Crippen molar-refractivity contribution in [3.63, 3.8) is 0 Å². The normalized spacial score (nSPS) is 19.1. The van der Waals surface area contributed by atoms with Crippen molar-refractivity contribution < 1.29 is 9.53 Å². The number of ether oxygens (including phenoxy) is 1. The molecule has 1 amide bonds. The van der Waals surface area contributed by atoms with Gasteiger partial charge in [-0.2, -0.15) is 0 Å². The third kappa shape index (κ3) is 3.12. The quantitative estimate of drug-likeness (QED) is 0.887. The molecule has 1 atom stereocenters. The zero-order valence-corrected chi connectivity index (χ0v) is 12.3. The van der Waals surface area contributed by atoms with Crippen LogP contribution in [0.2, 0.25) is 0 Å². The van der Waals surface area contributed by atoms with Crippen LogP contribution in [-0.2, 0) is 10.3 Å². The second kappa shape index (κ2) is 6.27. The van der Waals surface area contributed by atoms with Gasteiger partial charge in [-0.1, -0.05) is 31.4 Å². The SMILES string of the molecule is COc1ccc(C2(NC(=O)C(C)N)CCCCC2)cc1. The number of nitrogens with one attached hydrogen (secondary N) is 1. The third-order valence-electron chi connectivity index (χ3n) is 4.13. The Bertz CT molecular complexity index is 448. The van der Waals surface area contributed by atoms with Gasteiger partial charge >= 0.3 is 0 Å². The fraction of sp³-hybridized carbons (Fsp3) is 0.562. The van der Waals surface area contributed by atoms with Gasteiger partial charge in [-0.25, -0.2) is 0 Å². The second-order valence-electron chi connectivity index (χ2n) is 5.65. The van der Waals surface area contributed by atoms with Gasteiger partial charge < -0.3 is 15.8 Å². The van der Waals surface area contributed by atoms with E-state index in [0.29, 0.717) is 0 Å². The molecule has 1 aromatic rings. The average Bonchev–Trinajstić information content (AvgIpc) is 2.48. The lowest BCUT2D eigenvalue weighted by Crippen LogP contribution is -2.51. The molecular formula is C16H24N2O2. The molecule has 20 heavy (non-hydrogen) atoms. The van der Waals surface area contributed by atoms with E-state index in [9.17, 15) is 4.79 Å². The predicted molar refractivity (Wildman–Crippen MR) is 79.5 cm³/mol. The fourth-order valence-electron chi connectivity index (χ4n) is 2.90. The number of carbonyl (C=O) groups is 1. The van der Waals surface area contributed by atoms with Gasteiger partial charge in [0.2, 0.25) is 5.91 Å². The topological polar surface area (TPSA) is 64.3 Å². The maximum atomic E-state index is 12.1. The summed E-state index contributed by atoms with van der Waals surface area (Å²) in [5.74, 6) is 0.751. The molecule has 110 valence electrons. The molecule has 3 N–H and O–H groups in total. The molecule has 2 rings (SSSR count). The minimum Gasteiger partial charge on any atom is -0.497 e. The standard InChI is InChI=1S/C16H24N2O2/c1-12(17)15(19)18-16(10-4-3-5-11-16)13-6-8-14(20-2)9-7-13/h6-9,12H,3-5,10-11,17H2,1-2H3,(H,18,19). The van der Waals surface area contributed by atoms with Crippen molar-refractivity contribution in [3.8, 4) is 5.75 Å². The van der Waals surface area contributed by atoms with Crippen molar-refractivity contribution in [2.75, 3.05) is 7.11 Å². The largest absolute Gasteiger partial charge is 0.497 e. The smallest absolute Gasteiger partial charge is 0.237 e. The Hall–Kier alpha value is -1.55. The molecule has 0 bridgehead atoms. The number of nitrogens with two attached hydrogens (primary N) is 1. The molecule has 0 aliphatic heterocycles. The van der Waals surface area contributed by atoms with Gasteiger partial charge in [0, 0.05) is 0 Å².